The van der Waals surface area contributed by atoms with Gasteiger partial charge in [0.1, 0.15) is 0 Å². The second-order valence-electron chi connectivity index (χ2n) is 6.25. The lowest BCUT2D eigenvalue weighted by Crippen LogP contribution is -2.56. The molecule has 2 aliphatic rings. The van der Waals surface area contributed by atoms with Gasteiger partial charge in [-0.3, -0.25) is 4.90 Å². The number of nitrogens with zero attached hydrogens (tertiary/aromatic N) is 1. The Hall–Kier alpha value is -0.420. The van der Waals surface area contributed by atoms with E-state index in [1.54, 1.807) is 0 Å². The molecule has 0 amide bonds. The number of hydrogen-bond donors (Lipinski definition) is 1. The molecule has 0 spiro atoms. The van der Waals surface area contributed by atoms with Crippen LogP contribution in [0.5, 0.6) is 0 Å². The summed E-state index contributed by atoms with van der Waals surface area (Å²) in [7, 11) is 0. The molecule has 0 aromatic carbocycles. The average Bonchev–Trinajstić information content (AvgIpc) is 2.85. The Morgan fingerprint density at radius 3 is 2.85 bits per heavy atom. The predicted molar refractivity (Wildman–Crippen MR) is 84.1 cm³/mol. The van der Waals surface area contributed by atoms with Gasteiger partial charge in [0.25, 0.3) is 0 Å². The Bertz CT molecular complexity index is 443. The first-order chi connectivity index (χ1) is 9.66. The first kappa shape index (κ1) is 14.5. The molecular weight excluding hydrogens is 268 g/mol. The summed E-state index contributed by atoms with van der Waals surface area (Å²) in [5, 5.41) is 0. The summed E-state index contributed by atoms with van der Waals surface area (Å²) in [5.41, 5.74) is 6.35. The van der Waals surface area contributed by atoms with E-state index in [2.05, 4.69) is 30.9 Å². The Morgan fingerprint density at radius 1 is 1.35 bits per heavy atom. The van der Waals surface area contributed by atoms with Gasteiger partial charge in [-0.05, 0) is 38.8 Å². The van der Waals surface area contributed by atoms with Crippen molar-refractivity contribution in [3.05, 3.63) is 21.9 Å². The van der Waals surface area contributed by atoms with E-state index in [0.29, 0.717) is 18.2 Å². The monoisotopic (exact) mass is 294 g/mol. The number of fused-ring (bicyclic) bond motifs is 1. The lowest BCUT2D eigenvalue weighted by molar-refractivity contribution is -0.105. The van der Waals surface area contributed by atoms with E-state index in [1.807, 2.05) is 11.3 Å². The molecule has 20 heavy (non-hydrogen) atoms. The highest BCUT2D eigenvalue weighted by Crippen LogP contribution is 2.37. The first-order valence-electron chi connectivity index (χ1n) is 7.86. The molecular formula is C16H26N2OS. The fourth-order valence-corrected chi connectivity index (χ4v) is 4.92. The molecule has 4 atom stereocenters. The summed E-state index contributed by atoms with van der Waals surface area (Å²) in [5.74, 6) is 0. The Kier molecular flexibility index (Phi) is 4.46. The third-order valence-electron chi connectivity index (χ3n) is 4.68. The third kappa shape index (κ3) is 2.80. The maximum atomic E-state index is 6.35. The number of nitrogens with two attached hydrogens (primary N) is 1. The lowest BCUT2D eigenvalue weighted by Gasteiger charge is -2.48. The topological polar surface area (TPSA) is 38.5 Å². The second kappa shape index (κ2) is 6.14. The lowest BCUT2D eigenvalue weighted by atomic mass is 9.88. The molecule has 2 N–H and O–H groups in total. The molecule has 1 saturated carbocycles. The molecule has 1 aromatic rings. The molecule has 0 radical (unpaired) electrons. The summed E-state index contributed by atoms with van der Waals surface area (Å²) in [6.45, 7) is 6.20. The number of aryl methyl sites for hydroxylation is 1. The minimum Gasteiger partial charge on any atom is -0.375 e. The smallest absolute Gasteiger partial charge is 0.0731 e. The number of hydrogen-bond acceptors (Lipinski definition) is 4. The Balaban J connectivity index is 1.86. The average molecular weight is 294 g/mol. The molecule has 3 nitrogen and oxygen atoms in total. The van der Waals surface area contributed by atoms with Crippen LogP contribution in [0.4, 0.5) is 0 Å². The van der Waals surface area contributed by atoms with E-state index in [-0.39, 0.29) is 6.04 Å². The molecule has 1 aliphatic heterocycles. The van der Waals surface area contributed by atoms with Crippen molar-refractivity contribution in [2.45, 2.75) is 63.8 Å². The van der Waals surface area contributed by atoms with Gasteiger partial charge in [-0.15, -0.1) is 11.3 Å². The van der Waals surface area contributed by atoms with Crippen LogP contribution < -0.4 is 5.73 Å². The van der Waals surface area contributed by atoms with E-state index >= 15 is 0 Å². The quantitative estimate of drug-likeness (QED) is 0.931. The van der Waals surface area contributed by atoms with Crippen LogP contribution in [0.3, 0.4) is 0 Å². The van der Waals surface area contributed by atoms with Crippen molar-refractivity contribution in [2.75, 3.05) is 13.2 Å². The summed E-state index contributed by atoms with van der Waals surface area (Å²) < 4.78 is 6.00. The minimum absolute atomic E-state index is 0.161. The fraction of sp³-hybridized carbons (Fsp3) is 0.750. The summed E-state index contributed by atoms with van der Waals surface area (Å²) in [6.07, 6.45) is 5.56. The standard InChI is InChI=1S/C16H26N2OS/c1-11-7-8-15(20-11)16(12(2)17)18-9-10-19-14-6-4-3-5-13(14)18/h7-8,12-14,16H,3-6,9-10,17H2,1-2H3. The summed E-state index contributed by atoms with van der Waals surface area (Å²) in [6, 6.07) is 5.56. The number of ether oxygens (including phenoxy) is 1. The van der Waals surface area contributed by atoms with Crippen molar-refractivity contribution in [1.29, 1.82) is 0 Å². The van der Waals surface area contributed by atoms with Crippen molar-refractivity contribution in [3.8, 4) is 0 Å². The van der Waals surface area contributed by atoms with Gasteiger partial charge in [0, 0.05) is 28.4 Å². The predicted octanol–water partition coefficient (Wildman–Crippen LogP) is 3.09. The van der Waals surface area contributed by atoms with E-state index in [9.17, 15) is 0 Å². The summed E-state index contributed by atoms with van der Waals surface area (Å²) in [4.78, 5) is 5.44. The SMILES string of the molecule is Cc1ccc(C(C(C)N)N2CCOC3CCCCC32)s1. The molecule has 2 heterocycles. The Morgan fingerprint density at radius 2 is 2.15 bits per heavy atom. The van der Waals surface area contributed by atoms with Gasteiger partial charge in [-0.25, -0.2) is 0 Å². The second-order valence-corrected chi connectivity index (χ2v) is 7.57. The third-order valence-corrected chi connectivity index (χ3v) is 5.75. The highest BCUT2D eigenvalue weighted by Gasteiger charge is 2.39. The van der Waals surface area contributed by atoms with Crippen LogP contribution in [0, 0.1) is 6.92 Å². The van der Waals surface area contributed by atoms with Gasteiger partial charge < -0.3 is 10.5 Å². The van der Waals surface area contributed by atoms with Gasteiger partial charge in [0.15, 0.2) is 0 Å². The fourth-order valence-electron chi connectivity index (χ4n) is 3.81. The number of morpholine rings is 1. The maximum Gasteiger partial charge on any atom is 0.0731 e. The van der Waals surface area contributed by atoms with Crippen LogP contribution in [0.1, 0.15) is 48.4 Å². The van der Waals surface area contributed by atoms with Crippen LogP contribution >= 0.6 is 11.3 Å². The Labute approximate surface area is 126 Å². The number of rotatable bonds is 3. The van der Waals surface area contributed by atoms with Crippen LogP contribution in [-0.2, 0) is 4.74 Å². The van der Waals surface area contributed by atoms with Crippen molar-refractivity contribution >= 4 is 11.3 Å². The van der Waals surface area contributed by atoms with Crippen LogP contribution in [-0.4, -0.2) is 36.2 Å². The molecule has 4 unspecified atom stereocenters. The van der Waals surface area contributed by atoms with Crippen molar-refractivity contribution in [3.63, 3.8) is 0 Å². The van der Waals surface area contributed by atoms with Crippen molar-refractivity contribution < 1.29 is 4.74 Å². The molecule has 4 heteroatoms. The molecule has 1 saturated heterocycles. The van der Waals surface area contributed by atoms with Gasteiger partial charge in [0.05, 0.1) is 18.8 Å². The zero-order valence-electron chi connectivity index (χ0n) is 12.5. The summed E-state index contributed by atoms with van der Waals surface area (Å²) >= 11 is 1.89. The molecule has 3 rings (SSSR count). The zero-order valence-corrected chi connectivity index (χ0v) is 13.4. The van der Waals surface area contributed by atoms with Gasteiger partial charge in [-0.2, -0.15) is 0 Å². The van der Waals surface area contributed by atoms with Crippen LogP contribution in [0.2, 0.25) is 0 Å². The van der Waals surface area contributed by atoms with Crippen molar-refractivity contribution in [2.24, 2.45) is 5.73 Å². The van der Waals surface area contributed by atoms with Gasteiger partial charge in [-0.1, -0.05) is 12.8 Å². The van der Waals surface area contributed by atoms with E-state index in [0.717, 1.165) is 13.2 Å². The highest BCUT2D eigenvalue weighted by atomic mass is 32.1. The molecule has 1 aromatic heterocycles. The molecule has 2 fully saturated rings. The van der Waals surface area contributed by atoms with E-state index < -0.39 is 0 Å². The largest absolute Gasteiger partial charge is 0.375 e. The van der Waals surface area contributed by atoms with E-state index in [1.165, 1.54) is 35.4 Å². The maximum absolute atomic E-state index is 6.35. The van der Waals surface area contributed by atoms with Crippen molar-refractivity contribution in [1.82, 2.24) is 4.90 Å². The molecule has 0 bridgehead atoms. The molecule has 1 aliphatic carbocycles. The van der Waals surface area contributed by atoms with Crippen LogP contribution in [0.25, 0.3) is 0 Å². The number of thiophene rings is 1. The van der Waals surface area contributed by atoms with Crippen LogP contribution in [0.15, 0.2) is 12.1 Å². The highest BCUT2D eigenvalue weighted by molar-refractivity contribution is 7.12. The van der Waals surface area contributed by atoms with Gasteiger partial charge >= 0.3 is 0 Å². The zero-order chi connectivity index (χ0) is 14.1. The van der Waals surface area contributed by atoms with E-state index in [4.69, 9.17) is 10.5 Å². The minimum atomic E-state index is 0.161. The van der Waals surface area contributed by atoms with Gasteiger partial charge in [0.2, 0.25) is 0 Å². The molecule has 112 valence electrons. The normalized spacial score (nSPS) is 30.8. The first-order valence-corrected chi connectivity index (χ1v) is 8.67.